The molecule has 0 aromatic heterocycles. The normalized spacial score (nSPS) is 10.2. The van der Waals surface area contributed by atoms with E-state index >= 15 is 0 Å². The third-order valence-electron chi connectivity index (χ3n) is 1.33. The number of rotatable bonds is 3. The van der Waals surface area contributed by atoms with E-state index in [1.54, 1.807) is 13.8 Å². The van der Waals surface area contributed by atoms with E-state index in [0.717, 1.165) is 0 Å². The van der Waals surface area contributed by atoms with Gasteiger partial charge in [0, 0.05) is 11.8 Å². The van der Waals surface area contributed by atoms with Gasteiger partial charge >= 0.3 is 11.9 Å². The van der Waals surface area contributed by atoms with Gasteiger partial charge in [0.15, 0.2) is 0 Å². The first-order valence-electron chi connectivity index (χ1n) is 3.66. The van der Waals surface area contributed by atoms with Crippen LogP contribution in [0.3, 0.4) is 0 Å². The summed E-state index contributed by atoms with van der Waals surface area (Å²) < 4.78 is 4.43. The van der Waals surface area contributed by atoms with Crippen LogP contribution in [0.25, 0.3) is 0 Å². The van der Waals surface area contributed by atoms with Crippen molar-refractivity contribution < 1.29 is 19.4 Å². The maximum atomic E-state index is 10.5. The molecule has 0 radical (unpaired) electrons. The number of esters is 1. The van der Waals surface area contributed by atoms with Crippen molar-refractivity contribution in [2.75, 3.05) is 6.61 Å². The number of hydrogen-bond acceptors (Lipinski definition) is 4. The molecule has 72 valence electrons. The molecule has 0 rings (SSSR count). The summed E-state index contributed by atoms with van der Waals surface area (Å²) in [7, 11) is 0. The largest absolute Gasteiger partial charge is 0.473 e. The number of nitrogens with zero attached hydrogens (tertiary/aromatic N) is 1. The van der Waals surface area contributed by atoms with Gasteiger partial charge in [0.05, 0.1) is 12.7 Å². The summed E-state index contributed by atoms with van der Waals surface area (Å²) in [4.78, 5) is 20.5. The van der Waals surface area contributed by atoms with Gasteiger partial charge in [-0.25, -0.2) is 9.59 Å². The predicted octanol–water partition coefficient (Wildman–Crippen LogP) is 0.554. The van der Waals surface area contributed by atoms with Crippen molar-refractivity contribution in [2.45, 2.75) is 20.3 Å². The Kier molecular flexibility index (Phi) is 3.92. The number of carboxylic acids is 1. The second-order valence-corrected chi connectivity index (χ2v) is 3.38. The van der Waals surface area contributed by atoms with E-state index in [1.807, 2.05) is 6.07 Å². The van der Waals surface area contributed by atoms with Crippen LogP contribution in [0.2, 0.25) is 0 Å². The Balaban J connectivity index is 3.96. The summed E-state index contributed by atoms with van der Waals surface area (Å²) in [5, 5.41) is 16.5. The summed E-state index contributed by atoms with van der Waals surface area (Å²) >= 11 is 0. The Hall–Kier alpha value is -1.57. The highest BCUT2D eigenvalue weighted by atomic mass is 16.6. The molecule has 0 saturated carbocycles. The van der Waals surface area contributed by atoms with Crippen molar-refractivity contribution >= 4 is 11.9 Å². The molecule has 0 bridgehead atoms. The lowest BCUT2D eigenvalue weighted by molar-refractivity contribution is -0.165. The Bertz CT molecular complexity index is 251. The Morgan fingerprint density at radius 2 is 2.08 bits per heavy atom. The van der Waals surface area contributed by atoms with Crippen molar-refractivity contribution in [1.29, 1.82) is 5.26 Å². The fraction of sp³-hybridized carbons (Fsp3) is 0.625. The molecule has 0 aliphatic carbocycles. The first-order chi connectivity index (χ1) is 5.89. The lowest BCUT2D eigenvalue weighted by atomic mass is 9.91. The van der Waals surface area contributed by atoms with Crippen LogP contribution >= 0.6 is 0 Å². The Morgan fingerprint density at radius 3 is 2.46 bits per heavy atom. The summed E-state index contributed by atoms with van der Waals surface area (Å²) in [6, 6.07) is 1.92. The molecule has 0 saturated heterocycles. The minimum atomic E-state index is -1.62. The van der Waals surface area contributed by atoms with E-state index in [1.165, 1.54) is 0 Å². The third kappa shape index (κ3) is 4.80. The number of carboxylic acid groups (broad SMARTS) is 1. The molecule has 0 heterocycles. The van der Waals surface area contributed by atoms with Crippen LogP contribution in [-0.4, -0.2) is 23.7 Å². The minimum absolute atomic E-state index is 0.0638. The molecule has 0 aromatic rings. The van der Waals surface area contributed by atoms with Crippen molar-refractivity contribution in [3.05, 3.63) is 0 Å². The van der Waals surface area contributed by atoms with Crippen LogP contribution in [0.5, 0.6) is 0 Å². The average Bonchev–Trinajstić information content (AvgIpc) is 2.00. The third-order valence-corrected chi connectivity index (χ3v) is 1.33. The minimum Gasteiger partial charge on any atom is -0.473 e. The van der Waals surface area contributed by atoms with Gasteiger partial charge < -0.3 is 9.84 Å². The van der Waals surface area contributed by atoms with Crippen LogP contribution in [0, 0.1) is 16.7 Å². The maximum absolute atomic E-state index is 10.5. The van der Waals surface area contributed by atoms with Crippen LogP contribution in [-0.2, 0) is 14.3 Å². The fourth-order valence-corrected chi connectivity index (χ4v) is 0.588. The molecule has 0 spiro atoms. The molecular formula is C8H11NO4. The number of hydrogen-bond donors (Lipinski definition) is 1. The smallest absolute Gasteiger partial charge is 0.417 e. The average molecular weight is 185 g/mol. The number of ether oxygens (including phenoxy) is 1. The van der Waals surface area contributed by atoms with E-state index in [2.05, 4.69) is 4.74 Å². The molecule has 0 atom stereocenters. The van der Waals surface area contributed by atoms with Gasteiger partial charge in [-0.05, 0) is 0 Å². The highest BCUT2D eigenvalue weighted by Crippen LogP contribution is 2.19. The summed E-state index contributed by atoms with van der Waals surface area (Å²) in [6.45, 7) is 3.36. The van der Waals surface area contributed by atoms with Crippen LogP contribution in [0.4, 0.5) is 0 Å². The van der Waals surface area contributed by atoms with Crippen LogP contribution in [0.1, 0.15) is 20.3 Å². The van der Waals surface area contributed by atoms with Gasteiger partial charge in [0.1, 0.15) is 0 Å². The molecule has 0 aliphatic rings. The molecular weight excluding hydrogens is 174 g/mol. The molecule has 0 aliphatic heterocycles. The second-order valence-electron chi connectivity index (χ2n) is 3.38. The van der Waals surface area contributed by atoms with Gasteiger partial charge in [0.2, 0.25) is 0 Å². The van der Waals surface area contributed by atoms with Crippen LogP contribution < -0.4 is 0 Å². The first-order valence-corrected chi connectivity index (χ1v) is 3.66. The zero-order valence-corrected chi connectivity index (χ0v) is 7.53. The highest BCUT2D eigenvalue weighted by molar-refractivity contribution is 6.28. The number of nitriles is 1. The SMILES string of the molecule is CC(C)(CC#N)COC(=O)C(=O)O. The molecule has 5 heteroatoms. The second kappa shape index (κ2) is 4.45. The number of carbonyl (C=O) groups excluding carboxylic acids is 1. The van der Waals surface area contributed by atoms with E-state index in [-0.39, 0.29) is 13.0 Å². The lowest BCUT2D eigenvalue weighted by Gasteiger charge is -2.19. The zero-order valence-electron chi connectivity index (χ0n) is 7.53. The lowest BCUT2D eigenvalue weighted by Crippen LogP contribution is -2.25. The summed E-state index contributed by atoms with van der Waals surface area (Å²) in [6.07, 6.45) is 0.208. The zero-order chi connectivity index (χ0) is 10.5. The van der Waals surface area contributed by atoms with E-state index in [4.69, 9.17) is 10.4 Å². The van der Waals surface area contributed by atoms with Crippen LogP contribution in [0.15, 0.2) is 0 Å². The maximum Gasteiger partial charge on any atom is 0.417 e. The van der Waals surface area contributed by atoms with E-state index in [9.17, 15) is 9.59 Å². The topological polar surface area (TPSA) is 87.4 Å². The van der Waals surface area contributed by atoms with Crippen molar-refractivity contribution in [2.24, 2.45) is 5.41 Å². The Labute approximate surface area is 75.9 Å². The molecule has 0 amide bonds. The monoisotopic (exact) mass is 185 g/mol. The highest BCUT2D eigenvalue weighted by Gasteiger charge is 2.22. The summed E-state index contributed by atoms with van der Waals surface area (Å²) in [5.74, 6) is -2.90. The van der Waals surface area contributed by atoms with Crippen molar-refractivity contribution in [3.63, 3.8) is 0 Å². The van der Waals surface area contributed by atoms with E-state index in [0.29, 0.717) is 0 Å². The molecule has 0 fully saturated rings. The van der Waals surface area contributed by atoms with Crippen molar-refractivity contribution in [1.82, 2.24) is 0 Å². The Morgan fingerprint density at radius 1 is 1.54 bits per heavy atom. The van der Waals surface area contributed by atoms with Gasteiger partial charge in [-0.2, -0.15) is 5.26 Å². The van der Waals surface area contributed by atoms with Gasteiger partial charge in [-0.15, -0.1) is 0 Å². The van der Waals surface area contributed by atoms with Crippen molar-refractivity contribution in [3.8, 4) is 6.07 Å². The fourth-order valence-electron chi connectivity index (χ4n) is 0.588. The number of aliphatic carboxylic acids is 1. The van der Waals surface area contributed by atoms with Gasteiger partial charge in [-0.3, -0.25) is 0 Å². The number of carbonyl (C=O) groups is 2. The molecule has 0 aromatic carbocycles. The standard InChI is InChI=1S/C8H11NO4/c1-8(2,3-4-9)5-13-7(12)6(10)11/h3,5H2,1-2H3,(H,10,11). The summed E-state index contributed by atoms with van der Waals surface area (Å²) in [5.41, 5.74) is -0.500. The van der Waals surface area contributed by atoms with E-state index < -0.39 is 17.4 Å². The quantitative estimate of drug-likeness (QED) is 0.512. The molecule has 13 heavy (non-hydrogen) atoms. The molecule has 0 unspecified atom stereocenters. The molecule has 5 nitrogen and oxygen atoms in total. The molecule has 1 N–H and O–H groups in total. The van der Waals surface area contributed by atoms with Gasteiger partial charge in [-0.1, -0.05) is 13.8 Å². The van der Waals surface area contributed by atoms with Gasteiger partial charge in [0.25, 0.3) is 0 Å². The first kappa shape index (κ1) is 11.4. The predicted molar refractivity (Wildman–Crippen MR) is 42.6 cm³/mol.